The second-order valence-corrected chi connectivity index (χ2v) is 5.36. The standard InChI is InChI=1S/C15H18FN5O/c1-2-12-18-19-13-9-20(7-8-21(12)13)14(15(17)22)10-3-5-11(16)6-4-10/h3-6,14H,2,7-9H2,1H3,(H2,17,22)/t14-/m0/s1. The zero-order valence-corrected chi connectivity index (χ0v) is 12.4. The van der Waals surface area contributed by atoms with Crippen LogP contribution in [0.2, 0.25) is 0 Å². The molecular weight excluding hydrogens is 285 g/mol. The molecule has 22 heavy (non-hydrogen) atoms. The number of amides is 1. The lowest BCUT2D eigenvalue weighted by Gasteiger charge is -2.33. The first-order chi connectivity index (χ1) is 10.6. The molecule has 0 bridgehead atoms. The molecule has 0 radical (unpaired) electrons. The van der Waals surface area contributed by atoms with Crippen molar-refractivity contribution in [2.75, 3.05) is 6.54 Å². The van der Waals surface area contributed by atoms with Gasteiger partial charge in [0.2, 0.25) is 5.91 Å². The van der Waals surface area contributed by atoms with Crippen LogP contribution in [0.15, 0.2) is 24.3 Å². The van der Waals surface area contributed by atoms with Crippen LogP contribution in [-0.2, 0) is 24.3 Å². The van der Waals surface area contributed by atoms with Gasteiger partial charge in [-0.2, -0.15) is 0 Å². The Balaban J connectivity index is 1.87. The maximum Gasteiger partial charge on any atom is 0.239 e. The first-order valence-corrected chi connectivity index (χ1v) is 7.30. The third-order valence-corrected chi connectivity index (χ3v) is 4.00. The smallest absolute Gasteiger partial charge is 0.239 e. The number of aromatic nitrogens is 3. The molecule has 1 aromatic heterocycles. The number of aryl methyl sites for hydroxylation is 1. The van der Waals surface area contributed by atoms with Gasteiger partial charge in [-0.1, -0.05) is 19.1 Å². The second-order valence-electron chi connectivity index (χ2n) is 5.36. The Morgan fingerprint density at radius 1 is 1.32 bits per heavy atom. The molecule has 3 rings (SSSR count). The molecule has 2 N–H and O–H groups in total. The van der Waals surface area contributed by atoms with Crippen molar-refractivity contribution in [3.8, 4) is 0 Å². The Bertz CT molecular complexity index is 682. The number of hydrogen-bond acceptors (Lipinski definition) is 4. The number of primary amides is 1. The summed E-state index contributed by atoms with van der Waals surface area (Å²) in [6.45, 7) is 3.92. The Morgan fingerprint density at radius 3 is 2.68 bits per heavy atom. The lowest BCUT2D eigenvalue weighted by molar-refractivity contribution is -0.124. The van der Waals surface area contributed by atoms with Crippen molar-refractivity contribution in [3.63, 3.8) is 0 Å². The van der Waals surface area contributed by atoms with Gasteiger partial charge in [0.05, 0.1) is 6.54 Å². The van der Waals surface area contributed by atoms with Crippen molar-refractivity contribution in [2.24, 2.45) is 5.73 Å². The number of nitrogens with two attached hydrogens (primary N) is 1. The first-order valence-electron chi connectivity index (χ1n) is 7.30. The van der Waals surface area contributed by atoms with Gasteiger partial charge in [0.1, 0.15) is 23.5 Å². The third kappa shape index (κ3) is 2.59. The summed E-state index contributed by atoms with van der Waals surface area (Å²) in [6.07, 6.45) is 0.824. The predicted octanol–water partition coefficient (Wildman–Crippen LogP) is 1.02. The van der Waals surface area contributed by atoms with E-state index in [2.05, 4.69) is 14.8 Å². The molecular formula is C15H18FN5O. The highest BCUT2D eigenvalue weighted by Crippen LogP contribution is 2.25. The minimum absolute atomic E-state index is 0.335. The van der Waals surface area contributed by atoms with Crippen molar-refractivity contribution >= 4 is 5.91 Å². The van der Waals surface area contributed by atoms with Gasteiger partial charge in [-0.25, -0.2) is 4.39 Å². The quantitative estimate of drug-likeness (QED) is 0.915. The second kappa shape index (κ2) is 5.84. The van der Waals surface area contributed by atoms with Crippen LogP contribution in [0.3, 0.4) is 0 Å². The summed E-state index contributed by atoms with van der Waals surface area (Å²) in [4.78, 5) is 13.9. The molecule has 0 fully saturated rings. The van der Waals surface area contributed by atoms with E-state index in [-0.39, 0.29) is 5.82 Å². The van der Waals surface area contributed by atoms with Crippen molar-refractivity contribution < 1.29 is 9.18 Å². The molecule has 0 saturated carbocycles. The van der Waals surface area contributed by atoms with Crippen molar-refractivity contribution in [1.82, 2.24) is 19.7 Å². The van der Waals surface area contributed by atoms with E-state index in [1.807, 2.05) is 11.8 Å². The summed E-state index contributed by atoms with van der Waals surface area (Å²) in [6, 6.07) is 5.29. The van der Waals surface area contributed by atoms with Crippen LogP contribution in [-0.4, -0.2) is 32.1 Å². The average Bonchev–Trinajstić information content (AvgIpc) is 2.91. The van der Waals surface area contributed by atoms with Gasteiger partial charge in [0.15, 0.2) is 0 Å². The summed E-state index contributed by atoms with van der Waals surface area (Å²) in [7, 11) is 0. The summed E-state index contributed by atoms with van der Waals surface area (Å²) >= 11 is 0. The summed E-state index contributed by atoms with van der Waals surface area (Å²) in [5.74, 6) is 0.997. The molecule has 1 aliphatic rings. The highest BCUT2D eigenvalue weighted by Gasteiger charge is 2.30. The van der Waals surface area contributed by atoms with E-state index in [1.165, 1.54) is 12.1 Å². The number of halogens is 1. The van der Waals surface area contributed by atoms with Crippen LogP contribution in [0, 0.1) is 5.82 Å². The van der Waals surface area contributed by atoms with E-state index >= 15 is 0 Å². The van der Waals surface area contributed by atoms with Gasteiger partial charge in [0, 0.05) is 19.5 Å². The lowest BCUT2D eigenvalue weighted by atomic mass is 10.0. The molecule has 1 atom stereocenters. The highest BCUT2D eigenvalue weighted by molar-refractivity contribution is 5.81. The van der Waals surface area contributed by atoms with E-state index in [9.17, 15) is 9.18 Å². The average molecular weight is 303 g/mol. The van der Waals surface area contributed by atoms with Gasteiger partial charge < -0.3 is 10.3 Å². The Hall–Kier alpha value is -2.28. The number of carbonyl (C=O) groups excluding carboxylic acids is 1. The fourth-order valence-corrected chi connectivity index (χ4v) is 2.92. The summed E-state index contributed by atoms with van der Waals surface area (Å²) in [5, 5.41) is 8.35. The molecule has 0 saturated heterocycles. The maximum absolute atomic E-state index is 13.1. The van der Waals surface area contributed by atoms with Crippen LogP contribution in [0.4, 0.5) is 4.39 Å². The molecule has 6 nitrogen and oxygen atoms in total. The number of fused-ring (bicyclic) bond motifs is 1. The van der Waals surface area contributed by atoms with Crippen molar-refractivity contribution in [3.05, 3.63) is 47.3 Å². The molecule has 2 aromatic rings. The van der Waals surface area contributed by atoms with Gasteiger partial charge in [0.25, 0.3) is 0 Å². The van der Waals surface area contributed by atoms with Crippen molar-refractivity contribution in [1.29, 1.82) is 0 Å². The SMILES string of the molecule is CCc1nnc2n1CCN([C@H](C(N)=O)c1ccc(F)cc1)C2. The number of benzene rings is 1. The number of carbonyl (C=O) groups is 1. The van der Waals surface area contributed by atoms with Gasteiger partial charge >= 0.3 is 0 Å². The van der Waals surface area contributed by atoms with E-state index in [1.54, 1.807) is 12.1 Å². The van der Waals surface area contributed by atoms with Crippen LogP contribution in [0.1, 0.15) is 30.2 Å². The monoisotopic (exact) mass is 303 g/mol. The molecule has 1 aliphatic heterocycles. The fraction of sp³-hybridized carbons (Fsp3) is 0.400. The highest BCUT2D eigenvalue weighted by atomic mass is 19.1. The molecule has 2 heterocycles. The zero-order chi connectivity index (χ0) is 15.7. The normalized spacial score (nSPS) is 16.3. The largest absolute Gasteiger partial charge is 0.368 e. The Morgan fingerprint density at radius 2 is 2.05 bits per heavy atom. The molecule has 0 aliphatic carbocycles. The lowest BCUT2D eigenvalue weighted by Crippen LogP contribution is -2.42. The van der Waals surface area contributed by atoms with Gasteiger partial charge in [-0.05, 0) is 17.7 Å². The van der Waals surface area contributed by atoms with E-state index in [0.29, 0.717) is 18.7 Å². The summed E-state index contributed by atoms with van der Waals surface area (Å²) in [5.41, 5.74) is 6.26. The van der Waals surface area contributed by atoms with Crippen LogP contribution in [0.5, 0.6) is 0 Å². The molecule has 7 heteroatoms. The van der Waals surface area contributed by atoms with E-state index in [0.717, 1.165) is 24.6 Å². The minimum atomic E-state index is -0.587. The van der Waals surface area contributed by atoms with Gasteiger partial charge in [-0.3, -0.25) is 9.69 Å². The Labute approximate surface area is 127 Å². The maximum atomic E-state index is 13.1. The molecule has 0 unspecified atom stereocenters. The Kier molecular flexibility index (Phi) is 3.89. The van der Waals surface area contributed by atoms with E-state index in [4.69, 9.17) is 5.73 Å². The van der Waals surface area contributed by atoms with Crippen LogP contribution < -0.4 is 5.73 Å². The zero-order valence-electron chi connectivity index (χ0n) is 12.4. The molecule has 1 aromatic carbocycles. The number of nitrogens with zero attached hydrogens (tertiary/aromatic N) is 4. The first kappa shape index (κ1) is 14.6. The summed E-state index contributed by atoms with van der Waals surface area (Å²) < 4.78 is 15.2. The topological polar surface area (TPSA) is 77.0 Å². The number of hydrogen-bond donors (Lipinski definition) is 1. The van der Waals surface area contributed by atoms with Gasteiger partial charge in [-0.15, -0.1) is 10.2 Å². The predicted molar refractivity (Wildman–Crippen MR) is 78.1 cm³/mol. The minimum Gasteiger partial charge on any atom is -0.368 e. The van der Waals surface area contributed by atoms with E-state index < -0.39 is 11.9 Å². The third-order valence-electron chi connectivity index (χ3n) is 4.00. The molecule has 0 spiro atoms. The fourth-order valence-electron chi connectivity index (χ4n) is 2.92. The molecule has 116 valence electrons. The van der Waals surface area contributed by atoms with Crippen LogP contribution >= 0.6 is 0 Å². The van der Waals surface area contributed by atoms with Crippen molar-refractivity contribution in [2.45, 2.75) is 32.5 Å². The van der Waals surface area contributed by atoms with Crippen LogP contribution in [0.25, 0.3) is 0 Å². The molecule has 1 amide bonds. The number of rotatable bonds is 4.